The Kier molecular flexibility index (Phi) is 5.64. The first kappa shape index (κ1) is 11.8. The van der Waals surface area contributed by atoms with Crippen LogP contribution in [0.25, 0.3) is 0 Å². The number of rotatable bonds is 4. The molecule has 0 bridgehead atoms. The average molecular weight is 263 g/mol. The van der Waals surface area contributed by atoms with E-state index in [9.17, 15) is 0 Å². The highest BCUT2D eigenvalue weighted by Crippen LogP contribution is 2.30. The lowest BCUT2D eigenvalue weighted by molar-refractivity contribution is 0.459. The Morgan fingerprint density at radius 1 is 1.31 bits per heavy atom. The molecule has 1 aliphatic heterocycles. The second-order valence-electron chi connectivity index (χ2n) is 4.99. The molecule has 78 valence electrons. The van der Waals surface area contributed by atoms with Crippen LogP contribution in [0.4, 0.5) is 0 Å². The molecule has 0 aromatic rings. The van der Waals surface area contributed by atoms with Crippen LogP contribution >= 0.6 is 15.9 Å². The van der Waals surface area contributed by atoms with E-state index in [0.29, 0.717) is 0 Å². The first-order chi connectivity index (χ1) is 6.22. The smallest absolute Gasteiger partial charge is 0.0370 e. The van der Waals surface area contributed by atoms with Crippen LogP contribution in [0.3, 0.4) is 0 Å². The summed E-state index contributed by atoms with van der Waals surface area (Å²) in [4.78, 5) is 0. The Bertz CT molecular complexity index is 128. The lowest BCUT2D eigenvalue weighted by atomic mass is 10.0. The molecule has 0 aromatic heterocycles. The van der Waals surface area contributed by atoms with Crippen molar-refractivity contribution in [1.29, 1.82) is 0 Å². The van der Waals surface area contributed by atoms with Crippen molar-refractivity contribution in [3.8, 4) is 0 Å². The zero-order chi connectivity index (χ0) is 9.68. The second kappa shape index (κ2) is 6.23. The first-order valence-corrected chi connectivity index (χ1v) is 9.35. The van der Waals surface area contributed by atoms with Gasteiger partial charge in [0, 0.05) is 14.1 Å². The highest BCUT2D eigenvalue weighted by atomic mass is 79.9. The molecule has 1 fully saturated rings. The molecular formula is C11H23BrSi. The lowest BCUT2D eigenvalue weighted by Crippen LogP contribution is -2.22. The summed E-state index contributed by atoms with van der Waals surface area (Å²) in [5.74, 6) is 2.03. The van der Waals surface area contributed by atoms with E-state index in [0.717, 1.165) is 11.8 Å². The molecule has 0 nitrogen and oxygen atoms in total. The molecule has 0 amide bonds. The molecule has 1 saturated heterocycles. The Balaban J connectivity index is 2.15. The van der Waals surface area contributed by atoms with Crippen molar-refractivity contribution in [2.75, 3.05) is 5.33 Å². The van der Waals surface area contributed by atoms with E-state index in [4.69, 9.17) is 0 Å². The van der Waals surface area contributed by atoms with E-state index in [2.05, 4.69) is 29.8 Å². The summed E-state index contributed by atoms with van der Waals surface area (Å²) in [6.45, 7) is 4.77. The number of hydrogen-bond acceptors (Lipinski definition) is 0. The third-order valence-corrected chi connectivity index (χ3v) is 7.66. The van der Waals surface area contributed by atoms with E-state index in [1.54, 1.807) is 31.0 Å². The van der Waals surface area contributed by atoms with Gasteiger partial charge in [0.15, 0.2) is 0 Å². The van der Waals surface area contributed by atoms with Crippen LogP contribution in [0.5, 0.6) is 0 Å². The fraction of sp³-hybridized carbons (Fsp3) is 1.00. The SMILES string of the molecule is CC(C)C[SiH]1CCC(CCBr)CC1. The highest BCUT2D eigenvalue weighted by Gasteiger charge is 2.21. The maximum atomic E-state index is 3.55. The van der Waals surface area contributed by atoms with E-state index >= 15 is 0 Å². The summed E-state index contributed by atoms with van der Waals surface area (Å²) >= 11 is 3.55. The van der Waals surface area contributed by atoms with Crippen LogP contribution in [0.2, 0.25) is 18.1 Å². The minimum atomic E-state index is -0.263. The van der Waals surface area contributed by atoms with Crippen LogP contribution < -0.4 is 0 Å². The molecular weight excluding hydrogens is 240 g/mol. The Morgan fingerprint density at radius 2 is 1.92 bits per heavy atom. The zero-order valence-electron chi connectivity index (χ0n) is 9.06. The van der Waals surface area contributed by atoms with Gasteiger partial charge in [-0.15, -0.1) is 0 Å². The van der Waals surface area contributed by atoms with Gasteiger partial charge in [-0.25, -0.2) is 0 Å². The summed E-state index contributed by atoms with van der Waals surface area (Å²) in [7, 11) is -0.263. The molecule has 0 radical (unpaired) electrons. The van der Waals surface area contributed by atoms with E-state index in [1.165, 1.54) is 11.8 Å². The molecule has 13 heavy (non-hydrogen) atoms. The van der Waals surface area contributed by atoms with Crippen molar-refractivity contribution in [2.45, 2.75) is 51.2 Å². The van der Waals surface area contributed by atoms with Crippen molar-refractivity contribution < 1.29 is 0 Å². The maximum absolute atomic E-state index is 3.55. The molecule has 0 spiro atoms. The Hall–Kier alpha value is 0.697. The summed E-state index contributed by atoms with van der Waals surface area (Å²) in [6.07, 6.45) is 4.52. The largest absolute Gasteiger partial charge is 0.0928 e. The first-order valence-electron chi connectivity index (χ1n) is 5.78. The van der Waals surface area contributed by atoms with Crippen molar-refractivity contribution in [3.05, 3.63) is 0 Å². The average Bonchev–Trinajstić information content (AvgIpc) is 2.08. The van der Waals surface area contributed by atoms with Gasteiger partial charge in [-0.2, -0.15) is 0 Å². The van der Waals surface area contributed by atoms with Crippen LogP contribution in [0.15, 0.2) is 0 Å². The monoisotopic (exact) mass is 262 g/mol. The number of alkyl halides is 1. The lowest BCUT2D eigenvalue weighted by Gasteiger charge is -2.28. The molecule has 0 atom stereocenters. The topological polar surface area (TPSA) is 0 Å². The normalized spacial score (nSPS) is 29.5. The van der Waals surface area contributed by atoms with Gasteiger partial charge in [-0.05, 0) is 18.3 Å². The van der Waals surface area contributed by atoms with Crippen LogP contribution in [-0.2, 0) is 0 Å². The number of hydrogen-bond donors (Lipinski definition) is 0. The van der Waals surface area contributed by atoms with Gasteiger partial charge in [-0.1, -0.05) is 60.8 Å². The van der Waals surface area contributed by atoms with E-state index in [-0.39, 0.29) is 8.80 Å². The molecule has 0 unspecified atom stereocenters. The zero-order valence-corrected chi connectivity index (χ0v) is 11.8. The summed E-state index contributed by atoms with van der Waals surface area (Å²) < 4.78 is 0. The van der Waals surface area contributed by atoms with E-state index in [1.807, 2.05) is 0 Å². The van der Waals surface area contributed by atoms with Gasteiger partial charge in [0.25, 0.3) is 0 Å². The number of halogens is 1. The van der Waals surface area contributed by atoms with Crippen LogP contribution in [0.1, 0.15) is 33.1 Å². The molecule has 1 rings (SSSR count). The molecule has 0 saturated carbocycles. The molecule has 1 heterocycles. The molecule has 0 aromatic carbocycles. The van der Waals surface area contributed by atoms with Crippen molar-refractivity contribution >= 4 is 24.7 Å². The second-order valence-corrected chi connectivity index (χ2v) is 9.15. The predicted molar refractivity (Wildman–Crippen MR) is 67.5 cm³/mol. The van der Waals surface area contributed by atoms with E-state index < -0.39 is 0 Å². The van der Waals surface area contributed by atoms with Crippen LogP contribution in [0, 0.1) is 11.8 Å². The fourth-order valence-corrected chi connectivity index (χ4v) is 7.20. The van der Waals surface area contributed by atoms with Gasteiger partial charge in [-0.3, -0.25) is 0 Å². The van der Waals surface area contributed by atoms with Gasteiger partial charge >= 0.3 is 0 Å². The minimum absolute atomic E-state index is 0.263. The standard InChI is InChI=1S/C11H23BrSi/c1-10(2)9-13-7-4-11(3-6-12)5-8-13/h10-11,13H,3-9H2,1-2H3. The molecule has 0 N–H and O–H groups in total. The fourth-order valence-electron chi connectivity index (χ4n) is 2.58. The third kappa shape index (κ3) is 4.64. The quantitative estimate of drug-likeness (QED) is 0.530. The van der Waals surface area contributed by atoms with Crippen LogP contribution in [-0.4, -0.2) is 14.1 Å². The predicted octanol–water partition coefficient (Wildman–Crippen LogP) is 4.06. The minimum Gasteiger partial charge on any atom is -0.0928 e. The third-order valence-electron chi connectivity index (χ3n) is 3.29. The van der Waals surface area contributed by atoms with Gasteiger partial charge in [0.2, 0.25) is 0 Å². The Labute approximate surface area is 93.2 Å². The summed E-state index contributed by atoms with van der Waals surface area (Å²) in [5, 5.41) is 1.22. The maximum Gasteiger partial charge on any atom is 0.0370 e. The van der Waals surface area contributed by atoms with Crippen molar-refractivity contribution in [2.24, 2.45) is 11.8 Å². The van der Waals surface area contributed by atoms with Crippen molar-refractivity contribution in [3.63, 3.8) is 0 Å². The van der Waals surface area contributed by atoms with Gasteiger partial charge in [0.1, 0.15) is 0 Å². The summed E-state index contributed by atoms with van der Waals surface area (Å²) in [6, 6.07) is 4.87. The van der Waals surface area contributed by atoms with Gasteiger partial charge in [0.05, 0.1) is 0 Å². The summed E-state index contributed by atoms with van der Waals surface area (Å²) in [5.41, 5.74) is 0. The molecule has 1 aliphatic rings. The highest BCUT2D eigenvalue weighted by molar-refractivity contribution is 9.09. The van der Waals surface area contributed by atoms with Crippen molar-refractivity contribution in [1.82, 2.24) is 0 Å². The molecule has 2 heteroatoms. The van der Waals surface area contributed by atoms with Gasteiger partial charge < -0.3 is 0 Å². The molecule has 0 aliphatic carbocycles. The Morgan fingerprint density at radius 3 is 2.38 bits per heavy atom.